The Kier molecular flexibility index (Phi) is 8.85. The molecule has 1 atom stereocenters. The Labute approximate surface area is 205 Å². The molecule has 2 aromatic heterocycles. The summed E-state index contributed by atoms with van der Waals surface area (Å²) < 4.78 is 15.5. The summed E-state index contributed by atoms with van der Waals surface area (Å²) in [5.74, 6) is 0.984. The van der Waals surface area contributed by atoms with Gasteiger partial charge in [-0.2, -0.15) is 0 Å². The van der Waals surface area contributed by atoms with Crippen LogP contribution in [-0.2, 0) is 9.47 Å². The number of amides is 1. The molecule has 186 valence electrons. The first kappa shape index (κ1) is 27.3. The van der Waals surface area contributed by atoms with Crippen molar-refractivity contribution in [3.63, 3.8) is 0 Å². The van der Waals surface area contributed by atoms with Gasteiger partial charge in [0.05, 0.1) is 0 Å². The minimum absolute atomic E-state index is 0.259. The lowest BCUT2D eigenvalue weighted by Gasteiger charge is -2.26. The van der Waals surface area contributed by atoms with Crippen molar-refractivity contribution in [2.75, 3.05) is 18.6 Å². The first-order valence-electron chi connectivity index (χ1n) is 10.9. The molecule has 0 unspecified atom stereocenters. The highest BCUT2D eigenvalue weighted by Gasteiger charge is 2.24. The van der Waals surface area contributed by atoms with E-state index in [9.17, 15) is 9.59 Å². The standard InChI is InChI=1S/C24H33ClN4O5/c1-15(2)12-24(6,26)14-32-20-18(25)10-17(13-28-20)16-8-9-27-19(11-16)29(7)21(30)33-22(31)34-23(3,4)5/h8-11,13,15H,12,14,26H2,1-7H3/t24-/m0/s1. The lowest BCUT2D eigenvalue weighted by Crippen LogP contribution is -2.43. The van der Waals surface area contributed by atoms with Crippen LogP contribution in [0.25, 0.3) is 11.1 Å². The third-order valence-electron chi connectivity index (χ3n) is 4.48. The van der Waals surface area contributed by atoms with Gasteiger partial charge in [0.2, 0.25) is 5.88 Å². The van der Waals surface area contributed by atoms with Crippen LogP contribution in [0.15, 0.2) is 30.6 Å². The maximum Gasteiger partial charge on any atom is 0.517 e. The molecule has 0 bridgehead atoms. The zero-order valence-corrected chi connectivity index (χ0v) is 21.5. The predicted octanol–water partition coefficient (Wildman–Crippen LogP) is 5.45. The molecule has 9 nitrogen and oxygen atoms in total. The third kappa shape index (κ3) is 8.46. The van der Waals surface area contributed by atoms with Gasteiger partial charge < -0.3 is 19.9 Å². The summed E-state index contributed by atoms with van der Waals surface area (Å²) in [4.78, 5) is 33.7. The van der Waals surface area contributed by atoms with E-state index in [0.29, 0.717) is 22.1 Å². The number of pyridine rings is 2. The van der Waals surface area contributed by atoms with E-state index in [1.165, 1.54) is 13.2 Å². The second-order valence-corrected chi connectivity index (χ2v) is 10.3. The molecule has 0 saturated carbocycles. The van der Waals surface area contributed by atoms with Gasteiger partial charge in [0, 0.05) is 30.5 Å². The van der Waals surface area contributed by atoms with Crippen LogP contribution in [-0.4, -0.2) is 47.0 Å². The van der Waals surface area contributed by atoms with E-state index < -0.39 is 23.4 Å². The Morgan fingerprint density at radius 2 is 1.82 bits per heavy atom. The third-order valence-corrected chi connectivity index (χ3v) is 4.75. The van der Waals surface area contributed by atoms with Crippen molar-refractivity contribution in [1.82, 2.24) is 9.97 Å². The lowest BCUT2D eigenvalue weighted by atomic mass is 9.93. The van der Waals surface area contributed by atoms with Gasteiger partial charge in [-0.25, -0.2) is 19.6 Å². The van der Waals surface area contributed by atoms with E-state index in [4.69, 9.17) is 31.5 Å². The van der Waals surface area contributed by atoms with Crippen molar-refractivity contribution in [3.05, 3.63) is 35.6 Å². The molecule has 0 saturated heterocycles. The summed E-state index contributed by atoms with van der Waals surface area (Å²) >= 11 is 6.40. The maximum atomic E-state index is 12.3. The summed E-state index contributed by atoms with van der Waals surface area (Å²) in [6.45, 7) is 11.4. The summed E-state index contributed by atoms with van der Waals surface area (Å²) in [6.07, 6.45) is 1.91. The van der Waals surface area contributed by atoms with Crippen LogP contribution in [0, 0.1) is 5.92 Å². The number of hydrogen-bond donors (Lipinski definition) is 1. The molecule has 10 heteroatoms. The fourth-order valence-corrected chi connectivity index (χ4v) is 3.42. The maximum absolute atomic E-state index is 12.3. The number of nitrogens with zero attached hydrogens (tertiary/aromatic N) is 3. The molecule has 0 spiro atoms. The molecule has 0 radical (unpaired) electrons. The van der Waals surface area contributed by atoms with Crippen LogP contribution in [0.4, 0.5) is 15.4 Å². The van der Waals surface area contributed by atoms with E-state index >= 15 is 0 Å². The highest BCUT2D eigenvalue weighted by molar-refractivity contribution is 6.32. The van der Waals surface area contributed by atoms with Crippen molar-refractivity contribution in [1.29, 1.82) is 0 Å². The van der Waals surface area contributed by atoms with Gasteiger partial charge in [-0.1, -0.05) is 25.4 Å². The topological polar surface area (TPSA) is 117 Å². The van der Waals surface area contributed by atoms with Gasteiger partial charge >= 0.3 is 12.2 Å². The molecular weight excluding hydrogens is 460 g/mol. The molecule has 2 heterocycles. The molecule has 1 amide bonds. The fraction of sp³-hybridized carbons (Fsp3) is 0.500. The molecule has 0 aromatic carbocycles. The first-order chi connectivity index (χ1) is 15.7. The Balaban J connectivity index is 2.12. The molecule has 34 heavy (non-hydrogen) atoms. The van der Waals surface area contributed by atoms with Gasteiger partial charge in [-0.3, -0.25) is 4.90 Å². The number of aromatic nitrogens is 2. The number of carbonyl (C=O) groups excluding carboxylic acids is 2. The second-order valence-electron chi connectivity index (χ2n) is 9.85. The lowest BCUT2D eigenvalue weighted by molar-refractivity contribution is 0.0102. The number of rotatable bonds is 7. The average Bonchev–Trinajstić information content (AvgIpc) is 2.70. The monoisotopic (exact) mass is 492 g/mol. The molecule has 2 N–H and O–H groups in total. The Hall–Kier alpha value is -2.91. The average molecular weight is 493 g/mol. The number of hydrogen-bond acceptors (Lipinski definition) is 8. The second kappa shape index (κ2) is 11.0. The van der Waals surface area contributed by atoms with Crippen LogP contribution in [0.1, 0.15) is 48.0 Å². The van der Waals surface area contributed by atoms with E-state index in [1.54, 1.807) is 45.2 Å². The van der Waals surface area contributed by atoms with Crippen LogP contribution >= 0.6 is 11.6 Å². The zero-order valence-electron chi connectivity index (χ0n) is 20.7. The highest BCUT2D eigenvalue weighted by atomic mass is 35.5. The smallest absolute Gasteiger partial charge is 0.475 e. The Morgan fingerprint density at radius 3 is 2.41 bits per heavy atom. The number of halogens is 1. The van der Waals surface area contributed by atoms with E-state index in [2.05, 4.69) is 23.8 Å². The minimum atomic E-state index is -1.09. The summed E-state index contributed by atoms with van der Waals surface area (Å²) in [7, 11) is 1.43. The van der Waals surface area contributed by atoms with Gasteiger partial charge in [0.25, 0.3) is 0 Å². The van der Waals surface area contributed by atoms with Crippen molar-refractivity contribution in [2.24, 2.45) is 11.7 Å². The minimum Gasteiger partial charge on any atom is -0.475 e. The summed E-state index contributed by atoms with van der Waals surface area (Å²) in [6, 6.07) is 5.09. The van der Waals surface area contributed by atoms with Crippen molar-refractivity contribution in [2.45, 2.75) is 59.1 Å². The number of ether oxygens (including phenoxy) is 3. The number of carbonyl (C=O) groups is 2. The molecule has 0 fully saturated rings. The van der Waals surface area contributed by atoms with E-state index in [-0.39, 0.29) is 18.3 Å². The van der Waals surface area contributed by atoms with Gasteiger partial charge in [-0.05, 0) is 63.8 Å². The van der Waals surface area contributed by atoms with Crippen molar-refractivity contribution in [3.8, 4) is 17.0 Å². The summed E-state index contributed by atoms with van der Waals surface area (Å²) in [5.41, 5.74) is 6.39. The SMILES string of the molecule is CC(C)C[C@](C)(N)COc1ncc(-c2ccnc(N(C)C(=O)OC(=O)OC(C)(C)C)c2)cc1Cl. The van der Waals surface area contributed by atoms with Crippen LogP contribution in [0.2, 0.25) is 5.02 Å². The van der Waals surface area contributed by atoms with Crippen LogP contribution in [0.5, 0.6) is 5.88 Å². The summed E-state index contributed by atoms with van der Waals surface area (Å²) in [5, 5.41) is 0.328. The molecule has 2 rings (SSSR count). The molecule has 2 aromatic rings. The van der Waals surface area contributed by atoms with Crippen molar-refractivity contribution < 1.29 is 23.8 Å². The fourth-order valence-electron chi connectivity index (χ4n) is 3.20. The molecule has 0 aliphatic heterocycles. The Bertz CT molecular complexity index is 1020. The van der Waals surface area contributed by atoms with Gasteiger partial charge in [0.15, 0.2) is 0 Å². The van der Waals surface area contributed by atoms with Crippen LogP contribution < -0.4 is 15.4 Å². The van der Waals surface area contributed by atoms with Crippen molar-refractivity contribution >= 4 is 29.7 Å². The predicted molar refractivity (Wildman–Crippen MR) is 131 cm³/mol. The molecule has 0 aliphatic carbocycles. The van der Waals surface area contributed by atoms with E-state index in [0.717, 1.165) is 11.3 Å². The molecule has 0 aliphatic rings. The number of nitrogens with two attached hydrogens (primary N) is 1. The zero-order chi connectivity index (χ0) is 25.7. The Morgan fingerprint density at radius 1 is 1.15 bits per heavy atom. The van der Waals surface area contributed by atoms with Gasteiger partial charge in [0.1, 0.15) is 23.0 Å². The molecular formula is C24H33ClN4O5. The quantitative estimate of drug-likeness (QED) is 0.400. The van der Waals surface area contributed by atoms with Crippen LogP contribution in [0.3, 0.4) is 0 Å². The highest BCUT2D eigenvalue weighted by Crippen LogP contribution is 2.30. The first-order valence-corrected chi connectivity index (χ1v) is 11.3. The normalized spacial score (nSPS) is 13.2. The number of anilines is 1. The largest absolute Gasteiger partial charge is 0.517 e. The van der Waals surface area contributed by atoms with E-state index in [1.807, 2.05) is 6.92 Å². The van der Waals surface area contributed by atoms with Gasteiger partial charge in [-0.15, -0.1) is 0 Å².